The molecule has 0 fully saturated rings. The van der Waals surface area contributed by atoms with Crippen LogP contribution in [0, 0.1) is 5.92 Å². The van der Waals surface area contributed by atoms with Gasteiger partial charge in [-0.2, -0.15) is 0 Å². The number of fused-ring (bicyclic) bond motifs is 1. The van der Waals surface area contributed by atoms with Crippen LogP contribution in [0.5, 0.6) is 5.75 Å². The second-order valence-corrected chi connectivity index (χ2v) is 6.48. The standard InChI is InChI=1S/C19H19ClO3/c1-11-6-7-12-8-9-13(19(21)22)10-14(12)17(11)18-15(20)4-3-5-16(18)23-2/h3-5,8-11,17H,6-7H2,1-2H3,(H,21,22). The minimum absolute atomic E-state index is 0.0432. The first-order valence-corrected chi connectivity index (χ1v) is 8.09. The summed E-state index contributed by atoms with van der Waals surface area (Å²) in [6.45, 7) is 2.18. The lowest BCUT2D eigenvalue weighted by Crippen LogP contribution is -2.21. The fraction of sp³-hybridized carbons (Fsp3) is 0.316. The van der Waals surface area contributed by atoms with Gasteiger partial charge in [0, 0.05) is 16.5 Å². The van der Waals surface area contributed by atoms with E-state index in [9.17, 15) is 9.90 Å². The number of methoxy groups -OCH3 is 1. The van der Waals surface area contributed by atoms with Crippen LogP contribution in [0.25, 0.3) is 0 Å². The summed E-state index contributed by atoms with van der Waals surface area (Å²) in [6.07, 6.45) is 2.00. The monoisotopic (exact) mass is 330 g/mol. The van der Waals surface area contributed by atoms with Crippen molar-refractivity contribution in [1.29, 1.82) is 0 Å². The quantitative estimate of drug-likeness (QED) is 0.882. The van der Waals surface area contributed by atoms with Gasteiger partial charge in [-0.05, 0) is 54.2 Å². The summed E-state index contributed by atoms with van der Waals surface area (Å²) in [6, 6.07) is 11.0. The Kier molecular flexibility index (Phi) is 4.31. The number of carbonyl (C=O) groups is 1. The Labute approximate surface area is 140 Å². The summed E-state index contributed by atoms with van der Waals surface area (Å²) in [5, 5.41) is 9.98. The van der Waals surface area contributed by atoms with Gasteiger partial charge in [0.25, 0.3) is 0 Å². The first kappa shape index (κ1) is 15.9. The van der Waals surface area contributed by atoms with Gasteiger partial charge in [-0.25, -0.2) is 4.79 Å². The number of aromatic carboxylic acids is 1. The molecular weight excluding hydrogens is 312 g/mol. The smallest absolute Gasteiger partial charge is 0.335 e. The molecule has 0 aliphatic heterocycles. The van der Waals surface area contributed by atoms with Crippen LogP contribution in [-0.4, -0.2) is 18.2 Å². The van der Waals surface area contributed by atoms with Crippen LogP contribution in [0.2, 0.25) is 5.02 Å². The fourth-order valence-electron chi connectivity index (χ4n) is 3.54. The average Bonchev–Trinajstić information content (AvgIpc) is 2.54. The van der Waals surface area contributed by atoms with E-state index in [1.165, 1.54) is 5.56 Å². The highest BCUT2D eigenvalue weighted by molar-refractivity contribution is 6.31. The number of carboxylic acid groups (broad SMARTS) is 1. The lowest BCUT2D eigenvalue weighted by molar-refractivity contribution is 0.0696. The molecule has 1 N–H and O–H groups in total. The van der Waals surface area contributed by atoms with Crippen molar-refractivity contribution in [2.45, 2.75) is 25.7 Å². The number of hydrogen-bond acceptors (Lipinski definition) is 2. The van der Waals surface area contributed by atoms with Crippen LogP contribution < -0.4 is 4.74 Å². The van der Waals surface area contributed by atoms with Crippen molar-refractivity contribution < 1.29 is 14.6 Å². The summed E-state index contributed by atoms with van der Waals surface area (Å²) in [7, 11) is 1.64. The van der Waals surface area contributed by atoms with E-state index in [0.717, 1.165) is 29.7 Å². The maximum absolute atomic E-state index is 11.4. The number of benzene rings is 2. The second kappa shape index (κ2) is 6.25. The molecule has 2 aromatic rings. The number of rotatable bonds is 3. The van der Waals surface area contributed by atoms with Crippen molar-refractivity contribution in [3.8, 4) is 5.75 Å². The minimum atomic E-state index is -0.907. The van der Waals surface area contributed by atoms with Crippen LogP contribution in [0.3, 0.4) is 0 Å². The van der Waals surface area contributed by atoms with Crippen molar-refractivity contribution in [3.05, 3.63) is 63.7 Å². The molecule has 2 atom stereocenters. The highest BCUT2D eigenvalue weighted by atomic mass is 35.5. The summed E-state index contributed by atoms with van der Waals surface area (Å²) in [4.78, 5) is 11.4. The topological polar surface area (TPSA) is 46.5 Å². The lowest BCUT2D eigenvalue weighted by atomic mass is 9.72. The molecule has 1 aliphatic rings. The van der Waals surface area contributed by atoms with Gasteiger partial charge in [0.05, 0.1) is 12.7 Å². The van der Waals surface area contributed by atoms with Crippen LogP contribution in [0.1, 0.15) is 46.3 Å². The summed E-state index contributed by atoms with van der Waals surface area (Å²) in [5.74, 6) is 0.251. The molecule has 2 unspecified atom stereocenters. The third kappa shape index (κ3) is 2.81. The van der Waals surface area contributed by atoms with Gasteiger partial charge < -0.3 is 9.84 Å². The molecule has 0 amide bonds. The van der Waals surface area contributed by atoms with E-state index in [-0.39, 0.29) is 5.92 Å². The number of carboxylic acids is 1. The van der Waals surface area contributed by atoms with Crippen LogP contribution in [0.4, 0.5) is 0 Å². The van der Waals surface area contributed by atoms with Crippen LogP contribution in [-0.2, 0) is 6.42 Å². The molecule has 120 valence electrons. The maximum Gasteiger partial charge on any atom is 0.335 e. The fourth-order valence-corrected chi connectivity index (χ4v) is 3.82. The molecule has 0 radical (unpaired) electrons. The SMILES string of the molecule is COc1cccc(Cl)c1C1c2cc(C(=O)O)ccc2CCC1C. The van der Waals surface area contributed by atoms with Gasteiger partial charge in [0.15, 0.2) is 0 Å². The van der Waals surface area contributed by atoms with Crippen molar-refractivity contribution in [2.75, 3.05) is 7.11 Å². The molecule has 4 heteroatoms. The predicted molar refractivity (Wildman–Crippen MR) is 90.7 cm³/mol. The van der Waals surface area contributed by atoms with Gasteiger partial charge in [-0.3, -0.25) is 0 Å². The Balaban J connectivity index is 2.21. The normalized spacial score (nSPS) is 20.0. The molecule has 0 saturated carbocycles. The Morgan fingerprint density at radius 1 is 1.30 bits per heavy atom. The molecular formula is C19H19ClO3. The molecule has 0 bridgehead atoms. The largest absolute Gasteiger partial charge is 0.496 e. The van der Waals surface area contributed by atoms with E-state index in [2.05, 4.69) is 6.92 Å². The summed E-state index contributed by atoms with van der Waals surface area (Å²) < 4.78 is 5.52. The zero-order chi connectivity index (χ0) is 16.6. The highest BCUT2D eigenvalue weighted by Gasteiger charge is 2.32. The highest BCUT2D eigenvalue weighted by Crippen LogP contribution is 2.46. The summed E-state index contributed by atoms with van der Waals surface area (Å²) >= 11 is 6.48. The molecule has 23 heavy (non-hydrogen) atoms. The minimum Gasteiger partial charge on any atom is -0.496 e. The Hall–Kier alpha value is -2.00. The van der Waals surface area contributed by atoms with E-state index >= 15 is 0 Å². The van der Waals surface area contributed by atoms with E-state index in [1.807, 2.05) is 24.3 Å². The molecule has 2 aromatic carbocycles. The van der Waals surface area contributed by atoms with Crippen molar-refractivity contribution in [1.82, 2.24) is 0 Å². The van der Waals surface area contributed by atoms with E-state index < -0.39 is 5.97 Å². The van der Waals surface area contributed by atoms with E-state index in [4.69, 9.17) is 16.3 Å². The second-order valence-electron chi connectivity index (χ2n) is 6.07. The van der Waals surface area contributed by atoms with Crippen molar-refractivity contribution >= 4 is 17.6 Å². The molecule has 3 rings (SSSR count). The molecule has 0 heterocycles. The lowest BCUT2D eigenvalue weighted by Gasteiger charge is -2.33. The zero-order valence-corrected chi connectivity index (χ0v) is 13.9. The third-order valence-corrected chi connectivity index (χ3v) is 5.04. The van der Waals surface area contributed by atoms with Gasteiger partial charge in [0.2, 0.25) is 0 Å². The Bertz CT molecular complexity index is 754. The van der Waals surface area contributed by atoms with Gasteiger partial charge in [-0.1, -0.05) is 30.7 Å². The van der Waals surface area contributed by atoms with Crippen LogP contribution in [0.15, 0.2) is 36.4 Å². The zero-order valence-electron chi connectivity index (χ0n) is 13.2. The first-order chi connectivity index (χ1) is 11.0. The molecule has 0 saturated heterocycles. The van der Waals surface area contributed by atoms with Crippen LogP contribution >= 0.6 is 11.6 Å². The average molecular weight is 331 g/mol. The van der Waals surface area contributed by atoms with E-state index in [1.54, 1.807) is 19.2 Å². The third-order valence-electron chi connectivity index (χ3n) is 4.71. The number of ether oxygens (including phenoxy) is 1. The molecule has 0 aromatic heterocycles. The Morgan fingerprint density at radius 3 is 2.78 bits per heavy atom. The number of hydrogen-bond donors (Lipinski definition) is 1. The predicted octanol–water partition coefficient (Wildman–Crippen LogP) is 4.76. The molecule has 0 spiro atoms. The number of aryl methyl sites for hydroxylation is 1. The Morgan fingerprint density at radius 2 is 2.09 bits per heavy atom. The summed E-state index contributed by atoms with van der Waals surface area (Å²) in [5.41, 5.74) is 3.51. The number of halogens is 1. The van der Waals surface area contributed by atoms with Crippen molar-refractivity contribution in [3.63, 3.8) is 0 Å². The van der Waals surface area contributed by atoms with Crippen molar-refractivity contribution in [2.24, 2.45) is 5.92 Å². The van der Waals surface area contributed by atoms with Gasteiger partial charge in [-0.15, -0.1) is 0 Å². The molecule has 3 nitrogen and oxygen atoms in total. The molecule has 1 aliphatic carbocycles. The maximum atomic E-state index is 11.4. The van der Waals surface area contributed by atoms with Gasteiger partial charge in [0.1, 0.15) is 5.75 Å². The first-order valence-electron chi connectivity index (χ1n) is 7.71. The van der Waals surface area contributed by atoms with E-state index in [0.29, 0.717) is 16.5 Å². The van der Waals surface area contributed by atoms with Gasteiger partial charge >= 0.3 is 5.97 Å².